The first-order valence-electron chi connectivity index (χ1n) is 6.03. The Morgan fingerprint density at radius 2 is 1.83 bits per heavy atom. The fraction of sp³-hybridized carbons (Fsp3) is 0.429. The number of hydrogen-bond acceptors (Lipinski definition) is 1. The van der Waals surface area contributed by atoms with E-state index < -0.39 is 11.7 Å². The molecule has 0 spiro atoms. The number of ether oxygens (including phenoxy) is 1. The number of hydrogen-bond donors (Lipinski definition) is 0. The minimum atomic E-state index is -4.27. The van der Waals surface area contributed by atoms with Gasteiger partial charge in [-0.3, -0.25) is 0 Å². The summed E-state index contributed by atoms with van der Waals surface area (Å²) in [6.07, 6.45) is 2.78. The Morgan fingerprint density at radius 3 is 2.39 bits per heavy atom. The molecule has 0 aromatic heterocycles. The van der Waals surface area contributed by atoms with Crippen molar-refractivity contribution < 1.29 is 17.9 Å². The molecule has 1 aliphatic rings. The Morgan fingerprint density at radius 1 is 1.11 bits per heavy atom. The van der Waals surface area contributed by atoms with Crippen molar-refractivity contribution in [3.63, 3.8) is 0 Å². The van der Waals surface area contributed by atoms with E-state index in [2.05, 4.69) is 0 Å². The maximum atomic E-state index is 12.4. The normalized spacial score (nSPS) is 21.4. The predicted octanol–water partition coefficient (Wildman–Crippen LogP) is 4.29. The van der Waals surface area contributed by atoms with Crippen molar-refractivity contribution in [3.8, 4) is 0 Å². The molecule has 4 heteroatoms. The van der Waals surface area contributed by atoms with Gasteiger partial charge in [0, 0.05) is 6.61 Å². The highest BCUT2D eigenvalue weighted by molar-refractivity contribution is 5.50. The van der Waals surface area contributed by atoms with Gasteiger partial charge in [0.05, 0.1) is 11.7 Å². The number of alkyl halides is 3. The van der Waals surface area contributed by atoms with E-state index in [-0.39, 0.29) is 6.10 Å². The molecule has 1 unspecified atom stereocenters. The Hall–Kier alpha value is -1.29. The van der Waals surface area contributed by atoms with Crippen molar-refractivity contribution in [1.82, 2.24) is 0 Å². The van der Waals surface area contributed by atoms with Crippen LogP contribution >= 0.6 is 0 Å². The van der Waals surface area contributed by atoms with E-state index in [9.17, 15) is 13.2 Å². The van der Waals surface area contributed by atoms with Gasteiger partial charge >= 0.3 is 6.18 Å². The maximum Gasteiger partial charge on any atom is 0.416 e. The summed E-state index contributed by atoms with van der Waals surface area (Å²) in [7, 11) is 0. The zero-order valence-electron chi connectivity index (χ0n) is 9.91. The second-order valence-corrected chi connectivity index (χ2v) is 4.38. The third kappa shape index (κ3) is 3.60. The lowest BCUT2D eigenvalue weighted by molar-refractivity contribution is -0.137. The predicted molar refractivity (Wildman–Crippen MR) is 64.1 cm³/mol. The summed E-state index contributed by atoms with van der Waals surface area (Å²) < 4.78 is 42.6. The van der Waals surface area contributed by atoms with Crippen LogP contribution in [0.3, 0.4) is 0 Å². The topological polar surface area (TPSA) is 9.23 Å². The first kappa shape index (κ1) is 13.1. The van der Waals surface area contributed by atoms with E-state index in [1.165, 1.54) is 12.1 Å². The van der Waals surface area contributed by atoms with Crippen molar-refractivity contribution >= 4 is 6.08 Å². The third-order valence-electron chi connectivity index (χ3n) is 2.96. The van der Waals surface area contributed by atoms with Crippen LogP contribution in [0.15, 0.2) is 30.3 Å². The highest BCUT2D eigenvalue weighted by Gasteiger charge is 2.29. The van der Waals surface area contributed by atoms with Crippen LogP contribution in [0, 0.1) is 0 Å². The summed E-state index contributed by atoms with van der Waals surface area (Å²) in [6, 6.07) is 5.15. The zero-order chi connectivity index (χ0) is 13.0. The summed E-state index contributed by atoms with van der Waals surface area (Å²) in [6.45, 7) is 0.766. The Labute approximate surface area is 104 Å². The molecular weight excluding hydrogens is 241 g/mol. The second-order valence-electron chi connectivity index (χ2n) is 4.38. The number of halogens is 3. The zero-order valence-corrected chi connectivity index (χ0v) is 9.91. The monoisotopic (exact) mass is 256 g/mol. The van der Waals surface area contributed by atoms with E-state index in [4.69, 9.17) is 4.74 Å². The fourth-order valence-corrected chi connectivity index (χ4v) is 1.92. The number of benzene rings is 1. The molecule has 1 aromatic carbocycles. The highest BCUT2D eigenvalue weighted by Crippen LogP contribution is 2.29. The van der Waals surface area contributed by atoms with Gasteiger partial charge in [0.2, 0.25) is 0 Å². The van der Waals surface area contributed by atoms with Crippen molar-refractivity contribution in [2.24, 2.45) is 0 Å². The van der Waals surface area contributed by atoms with Gasteiger partial charge in [-0.1, -0.05) is 24.3 Å². The molecule has 0 saturated carbocycles. The van der Waals surface area contributed by atoms with Gasteiger partial charge in [0.25, 0.3) is 0 Å². The molecule has 1 aromatic rings. The van der Waals surface area contributed by atoms with Gasteiger partial charge in [-0.2, -0.15) is 13.2 Å². The lowest BCUT2D eigenvalue weighted by atomic mass is 10.1. The highest BCUT2D eigenvalue weighted by atomic mass is 19.4. The molecule has 2 rings (SSSR count). The first-order valence-corrected chi connectivity index (χ1v) is 6.03. The standard InChI is InChI=1S/C14H15F3O/c15-14(16,17)12-7-4-11(5-8-12)6-9-13-3-1-2-10-18-13/h4-9,13H,1-3,10H2/b9-6+. The van der Waals surface area contributed by atoms with Gasteiger partial charge < -0.3 is 4.74 Å². The van der Waals surface area contributed by atoms with Gasteiger partial charge in [0.1, 0.15) is 0 Å². The van der Waals surface area contributed by atoms with Crippen molar-refractivity contribution in [3.05, 3.63) is 41.5 Å². The Balaban J connectivity index is 1.99. The van der Waals surface area contributed by atoms with Crippen LogP contribution < -0.4 is 0 Å². The molecule has 1 fully saturated rings. The van der Waals surface area contributed by atoms with Crippen LogP contribution in [0.2, 0.25) is 0 Å². The largest absolute Gasteiger partial charge is 0.416 e. The van der Waals surface area contributed by atoms with Gasteiger partial charge in [-0.05, 0) is 37.0 Å². The SMILES string of the molecule is FC(F)(F)c1ccc(/C=C/C2CCCCO2)cc1. The molecule has 1 atom stereocenters. The van der Waals surface area contributed by atoms with Crippen LogP contribution in [0.25, 0.3) is 6.08 Å². The summed E-state index contributed by atoms with van der Waals surface area (Å²) in [4.78, 5) is 0. The molecule has 18 heavy (non-hydrogen) atoms. The summed E-state index contributed by atoms with van der Waals surface area (Å²) in [5, 5.41) is 0. The van der Waals surface area contributed by atoms with E-state index in [0.717, 1.165) is 43.6 Å². The van der Waals surface area contributed by atoms with Crippen LogP contribution in [0.4, 0.5) is 13.2 Å². The van der Waals surface area contributed by atoms with E-state index in [1.807, 2.05) is 12.2 Å². The van der Waals surface area contributed by atoms with Crippen LogP contribution in [-0.4, -0.2) is 12.7 Å². The average molecular weight is 256 g/mol. The van der Waals surface area contributed by atoms with Gasteiger partial charge in [0.15, 0.2) is 0 Å². The van der Waals surface area contributed by atoms with Gasteiger partial charge in [-0.15, -0.1) is 0 Å². The van der Waals surface area contributed by atoms with Crippen LogP contribution in [-0.2, 0) is 10.9 Å². The maximum absolute atomic E-state index is 12.4. The van der Waals surface area contributed by atoms with Crippen LogP contribution in [0.1, 0.15) is 30.4 Å². The molecule has 1 nitrogen and oxygen atoms in total. The molecule has 0 bridgehead atoms. The second kappa shape index (κ2) is 5.57. The molecule has 0 amide bonds. The first-order chi connectivity index (χ1) is 8.55. The molecule has 98 valence electrons. The molecule has 0 aliphatic carbocycles. The summed E-state index contributed by atoms with van der Waals surface area (Å²) in [5.74, 6) is 0. The lowest BCUT2D eigenvalue weighted by Crippen LogP contribution is -2.15. The van der Waals surface area contributed by atoms with E-state index in [0.29, 0.717) is 0 Å². The van der Waals surface area contributed by atoms with Crippen molar-refractivity contribution in [1.29, 1.82) is 0 Å². The van der Waals surface area contributed by atoms with E-state index >= 15 is 0 Å². The van der Waals surface area contributed by atoms with Crippen LogP contribution in [0.5, 0.6) is 0 Å². The quantitative estimate of drug-likeness (QED) is 0.767. The molecular formula is C14H15F3O. The molecule has 0 N–H and O–H groups in total. The Bertz CT molecular complexity index is 400. The Kier molecular flexibility index (Phi) is 4.07. The molecule has 1 saturated heterocycles. The van der Waals surface area contributed by atoms with Gasteiger partial charge in [-0.25, -0.2) is 0 Å². The fourth-order valence-electron chi connectivity index (χ4n) is 1.92. The average Bonchev–Trinajstić information content (AvgIpc) is 2.37. The number of rotatable bonds is 2. The molecule has 1 aliphatic heterocycles. The lowest BCUT2D eigenvalue weighted by Gasteiger charge is -2.19. The molecule has 1 heterocycles. The third-order valence-corrected chi connectivity index (χ3v) is 2.96. The summed E-state index contributed by atoms with van der Waals surface area (Å²) >= 11 is 0. The molecule has 0 radical (unpaired) electrons. The minimum absolute atomic E-state index is 0.0982. The smallest absolute Gasteiger partial charge is 0.374 e. The van der Waals surface area contributed by atoms with Crippen molar-refractivity contribution in [2.45, 2.75) is 31.5 Å². The van der Waals surface area contributed by atoms with Crippen molar-refractivity contribution in [2.75, 3.05) is 6.61 Å². The van der Waals surface area contributed by atoms with E-state index in [1.54, 1.807) is 0 Å². The summed E-state index contributed by atoms with van der Waals surface area (Å²) in [5.41, 5.74) is 0.144. The minimum Gasteiger partial charge on any atom is -0.374 e.